The van der Waals surface area contributed by atoms with Crippen LogP contribution in [0.5, 0.6) is 0 Å². The van der Waals surface area contributed by atoms with Crippen molar-refractivity contribution < 1.29 is 18.0 Å². The molecule has 1 N–H and O–H groups in total. The summed E-state index contributed by atoms with van der Waals surface area (Å²) in [5, 5.41) is 3.44. The Kier molecular flexibility index (Phi) is 11.4. The van der Waals surface area contributed by atoms with E-state index in [1.807, 2.05) is 68.4 Å². The summed E-state index contributed by atoms with van der Waals surface area (Å²) in [5.41, 5.74) is 3.82. The first-order valence-electron chi connectivity index (χ1n) is 16.2. The Balaban J connectivity index is 1.58. The summed E-state index contributed by atoms with van der Waals surface area (Å²) >= 11 is 6.58. The molecule has 246 valence electrons. The molecule has 2 amide bonds. The van der Waals surface area contributed by atoms with Gasteiger partial charge >= 0.3 is 0 Å². The van der Waals surface area contributed by atoms with Crippen LogP contribution < -0.4 is 9.62 Å². The number of hydrogen-bond acceptors (Lipinski definition) is 4. The highest BCUT2D eigenvalue weighted by Gasteiger charge is 2.36. The van der Waals surface area contributed by atoms with Crippen LogP contribution in [0, 0.1) is 13.8 Å². The van der Waals surface area contributed by atoms with Gasteiger partial charge in [-0.05, 0) is 67.6 Å². The van der Waals surface area contributed by atoms with Crippen molar-refractivity contribution in [1.29, 1.82) is 0 Å². The van der Waals surface area contributed by atoms with E-state index in [1.165, 1.54) is 12.1 Å². The number of carbonyl (C=O) groups excluding carboxylic acids is 2. The van der Waals surface area contributed by atoms with Crippen molar-refractivity contribution in [3.63, 3.8) is 0 Å². The van der Waals surface area contributed by atoms with E-state index in [0.29, 0.717) is 0 Å². The fourth-order valence-corrected chi connectivity index (χ4v) is 7.79. The van der Waals surface area contributed by atoms with Gasteiger partial charge < -0.3 is 10.2 Å². The van der Waals surface area contributed by atoms with E-state index < -0.39 is 28.5 Å². The molecule has 4 aromatic rings. The lowest BCUT2D eigenvalue weighted by atomic mass is 9.94. The van der Waals surface area contributed by atoms with Crippen LogP contribution in [-0.2, 0) is 32.6 Å². The minimum Gasteiger partial charge on any atom is -0.352 e. The smallest absolute Gasteiger partial charge is 0.264 e. The fraction of sp³-hybridized carbons (Fsp3) is 0.316. The molecule has 7 nitrogen and oxygen atoms in total. The van der Waals surface area contributed by atoms with E-state index in [0.717, 1.165) is 58.7 Å². The summed E-state index contributed by atoms with van der Waals surface area (Å²) in [5.74, 6) is -0.753. The average Bonchev–Trinajstić information content (AvgIpc) is 3.07. The molecule has 0 saturated heterocycles. The molecule has 0 bridgehead atoms. The van der Waals surface area contributed by atoms with Crippen molar-refractivity contribution in [3.05, 3.63) is 130 Å². The molecule has 5 rings (SSSR count). The standard InChI is InChI=1S/C38H42ClN3O4S/c1-28-21-23-33(24-22-28)47(45,46)42(35-20-12-11-19-34(35)39)27-37(43)41(26-31-16-10-9-13-29(31)2)36(25-30-14-5-3-6-15-30)38(44)40-32-17-7-4-8-18-32/h3,5-6,9-16,19-24,32,36H,4,7-8,17-18,25-27H2,1-2H3,(H,40,44). The lowest BCUT2D eigenvalue weighted by Gasteiger charge is -2.35. The largest absolute Gasteiger partial charge is 0.352 e. The number of anilines is 1. The highest BCUT2D eigenvalue weighted by molar-refractivity contribution is 7.92. The molecule has 0 heterocycles. The molecule has 0 radical (unpaired) electrons. The van der Waals surface area contributed by atoms with Gasteiger partial charge in [0.25, 0.3) is 10.0 Å². The quantitative estimate of drug-likeness (QED) is 0.172. The maximum Gasteiger partial charge on any atom is 0.264 e. The zero-order chi connectivity index (χ0) is 33.4. The van der Waals surface area contributed by atoms with Crippen LogP contribution in [0.15, 0.2) is 108 Å². The Labute approximate surface area is 283 Å². The predicted octanol–water partition coefficient (Wildman–Crippen LogP) is 7.24. The Hall–Kier alpha value is -4.14. The van der Waals surface area contributed by atoms with Gasteiger partial charge in [0.2, 0.25) is 11.8 Å². The molecule has 0 aromatic heterocycles. The number of para-hydroxylation sites is 1. The molecule has 1 atom stereocenters. The lowest BCUT2D eigenvalue weighted by molar-refractivity contribution is -0.140. The number of sulfonamides is 1. The molecular formula is C38H42ClN3O4S. The Bertz CT molecular complexity index is 1770. The Morgan fingerprint density at radius 2 is 1.47 bits per heavy atom. The molecule has 0 spiro atoms. The first-order valence-corrected chi connectivity index (χ1v) is 18.0. The number of amides is 2. The summed E-state index contributed by atoms with van der Waals surface area (Å²) in [6, 6.07) is 29.5. The van der Waals surface area contributed by atoms with Gasteiger partial charge in [-0.1, -0.05) is 115 Å². The SMILES string of the molecule is Cc1ccc(S(=O)(=O)N(CC(=O)N(Cc2ccccc2C)C(Cc2ccccc2)C(=O)NC2CCCCC2)c2ccccc2Cl)cc1. The van der Waals surface area contributed by atoms with Gasteiger partial charge in [0.1, 0.15) is 12.6 Å². The third-order valence-electron chi connectivity index (χ3n) is 8.83. The first kappa shape index (κ1) is 34.2. The highest BCUT2D eigenvalue weighted by atomic mass is 35.5. The summed E-state index contributed by atoms with van der Waals surface area (Å²) in [7, 11) is -4.23. The van der Waals surface area contributed by atoms with E-state index in [-0.39, 0.29) is 40.5 Å². The summed E-state index contributed by atoms with van der Waals surface area (Å²) in [4.78, 5) is 30.5. The molecular weight excluding hydrogens is 630 g/mol. The minimum atomic E-state index is -4.23. The molecule has 1 unspecified atom stereocenters. The number of nitrogens with zero attached hydrogens (tertiary/aromatic N) is 2. The second-order valence-corrected chi connectivity index (χ2v) is 14.5. The van der Waals surface area contributed by atoms with Gasteiger partial charge in [-0.15, -0.1) is 0 Å². The third kappa shape index (κ3) is 8.62. The van der Waals surface area contributed by atoms with Crippen LogP contribution in [0.4, 0.5) is 5.69 Å². The van der Waals surface area contributed by atoms with Crippen LogP contribution in [0.25, 0.3) is 0 Å². The van der Waals surface area contributed by atoms with E-state index in [1.54, 1.807) is 41.3 Å². The number of carbonyl (C=O) groups is 2. The molecule has 1 fully saturated rings. The van der Waals surface area contributed by atoms with Crippen molar-refractivity contribution in [2.75, 3.05) is 10.8 Å². The molecule has 0 aliphatic heterocycles. The summed E-state index contributed by atoms with van der Waals surface area (Å²) in [6.07, 6.45) is 5.29. The molecule has 1 aliphatic rings. The average molecular weight is 672 g/mol. The number of halogens is 1. The molecule has 1 saturated carbocycles. The zero-order valence-corrected chi connectivity index (χ0v) is 28.5. The van der Waals surface area contributed by atoms with Gasteiger partial charge in [0.15, 0.2) is 0 Å². The van der Waals surface area contributed by atoms with Crippen LogP contribution in [0.2, 0.25) is 5.02 Å². The Morgan fingerprint density at radius 1 is 0.830 bits per heavy atom. The zero-order valence-electron chi connectivity index (χ0n) is 26.9. The maximum absolute atomic E-state index is 14.7. The van der Waals surface area contributed by atoms with Crippen LogP contribution in [0.1, 0.15) is 54.4 Å². The predicted molar refractivity (Wildman–Crippen MR) is 188 cm³/mol. The monoisotopic (exact) mass is 671 g/mol. The van der Waals surface area contributed by atoms with E-state index >= 15 is 0 Å². The first-order chi connectivity index (χ1) is 22.6. The van der Waals surface area contributed by atoms with Crippen molar-refractivity contribution >= 4 is 39.1 Å². The maximum atomic E-state index is 14.7. The Morgan fingerprint density at radius 3 is 2.15 bits per heavy atom. The van der Waals surface area contributed by atoms with Crippen molar-refractivity contribution in [3.8, 4) is 0 Å². The fourth-order valence-electron chi connectivity index (χ4n) is 6.07. The summed E-state index contributed by atoms with van der Waals surface area (Å²) in [6.45, 7) is 3.42. The van der Waals surface area contributed by atoms with Crippen LogP contribution in [0.3, 0.4) is 0 Å². The van der Waals surface area contributed by atoms with Crippen LogP contribution in [-0.4, -0.2) is 43.8 Å². The normalized spacial score (nSPS) is 14.3. The van der Waals surface area contributed by atoms with Crippen molar-refractivity contribution in [2.24, 2.45) is 0 Å². The number of rotatable bonds is 12. The topological polar surface area (TPSA) is 86.8 Å². The second-order valence-electron chi connectivity index (χ2n) is 12.3. The van der Waals surface area contributed by atoms with E-state index in [9.17, 15) is 18.0 Å². The van der Waals surface area contributed by atoms with Gasteiger partial charge in [0.05, 0.1) is 15.6 Å². The van der Waals surface area contributed by atoms with Crippen molar-refractivity contribution in [1.82, 2.24) is 10.2 Å². The van der Waals surface area contributed by atoms with E-state index in [4.69, 9.17) is 11.6 Å². The third-order valence-corrected chi connectivity index (χ3v) is 10.9. The van der Waals surface area contributed by atoms with Gasteiger partial charge in [-0.2, -0.15) is 0 Å². The molecule has 47 heavy (non-hydrogen) atoms. The van der Waals surface area contributed by atoms with Gasteiger partial charge in [-0.25, -0.2) is 8.42 Å². The number of aryl methyl sites for hydroxylation is 2. The highest BCUT2D eigenvalue weighted by Crippen LogP contribution is 2.31. The lowest BCUT2D eigenvalue weighted by Crippen LogP contribution is -2.55. The van der Waals surface area contributed by atoms with E-state index in [2.05, 4.69) is 5.32 Å². The van der Waals surface area contributed by atoms with Gasteiger partial charge in [-0.3, -0.25) is 13.9 Å². The van der Waals surface area contributed by atoms with Gasteiger partial charge in [0, 0.05) is 19.0 Å². The molecule has 4 aromatic carbocycles. The van der Waals surface area contributed by atoms with Crippen LogP contribution >= 0.6 is 11.6 Å². The molecule has 9 heteroatoms. The number of hydrogen-bond donors (Lipinski definition) is 1. The summed E-state index contributed by atoms with van der Waals surface area (Å²) < 4.78 is 29.5. The number of benzene rings is 4. The molecule has 1 aliphatic carbocycles. The van der Waals surface area contributed by atoms with Crippen molar-refractivity contribution in [2.45, 2.75) is 75.9 Å². The second kappa shape index (κ2) is 15.6. The number of nitrogens with one attached hydrogen (secondary N) is 1. The minimum absolute atomic E-state index is 0.0338.